The Morgan fingerprint density at radius 3 is 1.90 bits per heavy atom. The van der Waals surface area contributed by atoms with Gasteiger partial charge in [0.2, 0.25) is 0 Å². The first-order valence-electron chi connectivity index (χ1n) is 2.80. The number of hydrogen-bond acceptors (Lipinski definition) is 4. The van der Waals surface area contributed by atoms with Gasteiger partial charge in [-0.2, -0.15) is 0 Å². The smallest absolute Gasteiger partial charge is 0.152 e. The van der Waals surface area contributed by atoms with Gasteiger partial charge >= 0.3 is 0 Å². The maximum atomic E-state index is 10.7. The summed E-state index contributed by atoms with van der Waals surface area (Å²) in [4.78, 5) is 0. The Hall–Kier alpha value is 0.160. The SMILES string of the molecule is Cl.NN1CCS(=O)(=O)CC1. The molecule has 1 aliphatic rings. The van der Waals surface area contributed by atoms with Gasteiger partial charge in [-0.05, 0) is 0 Å². The summed E-state index contributed by atoms with van der Waals surface area (Å²) in [6, 6.07) is 0. The fraction of sp³-hybridized carbons (Fsp3) is 1.00. The summed E-state index contributed by atoms with van der Waals surface area (Å²) >= 11 is 0. The third kappa shape index (κ3) is 2.83. The average Bonchev–Trinajstić information content (AvgIpc) is 1.78. The molecule has 0 radical (unpaired) electrons. The van der Waals surface area contributed by atoms with Gasteiger partial charge in [0.25, 0.3) is 0 Å². The topological polar surface area (TPSA) is 63.4 Å². The normalized spacial score (nSPS) is 25.3. The van der Waals surface area contributed by atoms with E-state index in [1.807, 2.05) is 0 Å². The van der Waals surface area contributed by atoms with Crippen molar-refractivity contribution in [1.29, 1.82) is 0 Å². The molecule has 0 aromatic heterocycles. The molecule has 6 heteroatoms. The van der Waals surface area contributed by atoms with Crippen LogP contribution in [0.1, 0.15) is 0 Å². The van der Waals surface area contributed by atoms with Crippen LogP contribution in [0.4, 0.5) is 0 Å². The van der Waals surface area contributed by atoms with E-state index >= 15 is 0 Å². The molecule has 0 atom stereocenters. The number of nitrogens with zero attached hydrogens (tertiary/aromatic N) is 1. The van der Waals surface area contributed by atoms with Crippen LogP contribution in [0.25, 0.3) is 0 Å². The van der Waals surface area contributed by atoms with Crippen molar-refractivity contribution in [3.63, 3.8) is 0 Å². The Labute approximate surface area is 66.7 Å². The summed E-state index contributed by atoms with van der Waals surface area (Å²) in [5.74, 6) is 5.75. The first-order chi connectivity index (χ1) is 4.10. The van der Waals surface area contributed by atoms with Crippen LogP contribution < -0.4 is 5.84 Å². The number of hydrazine groups is 1. The first kappa shape index (κ1) is 10.2. The molecule has 62 valence electrons. The number of nitrogens with two attached hydrogens (primary N) is 1. The van der Waals surface area contributed by atoms with E-state index in [0.29, 0.717) is 13.1 Å². The van der Waals surface area contributed by atoms with Gasteiger partial charge < -0.3 is 0 Å². The molecule has 10 heavy (non-hydrogen) atoms. The van der Waals surface area contributed by atoms with Crippen LogP contribution in [0, 0.1) is 0 Å². The predicted molar refractivity (Wildman–Crippen MR) is 41.7 cm³/mol. The Balaban J connectivity index is 0.000000810. The summed E-state index contributed by atoms with van der Waals surface area (Å²) in [5.41, 5.74) is 0. The molecule has 1 aliphatic heterocycles. The lowest BCUT2D eigenvalue weighted by Crippen LogP contribution is -2.44. The summed E-state index contributed by atoms with van der Waals surface area (Å²) in [6.07, 6.45) is 0. The van der Waals surface area contributed by atoms with Crippen molar-refractivity contribution in [3.8, 4) is 0 Å². The number of hydrogen-bond donors (Lipinski definition) is 1. The van der Waals surface area contributed by atoms with Crippen molar-refractivity contribution in [2.24, 2.45) is 5.84 Å². The lowest BCUT2D eigenvalue weighted by molar-refractivity contribution is 0.307. The van der Waals surface area contributed by atoms with E-state index in [2.05, 4.69) is 0 Å². The van der Waals surface area contributed by atoms with E-state index in [1.54, 1.807) is 0 Å². The summed E-state index contributed by atoms with van der Waals surface area (Å²) < 4.78 is 21.4. The molecule has 1 heterocycles. The molecule has 0 bridgehead atoms. The van der Waals surface area contributed by atoms with Crippen LogP contribution >= 0.6 is 12.4 Å². The van der Waals surface area contributed by atoms with Crippen molar-refractivity contribution in [1.82, 2.24) is 5.01 Å². The molecular weight excluding hydrogens is 176 g/mol. The van der Waals surface area contributed by atoms with Crippen molar-refractivity contribution in [3.05, 3.63) is 0 Å². The van der Waals surface area contributed by atoms with Gasteiger partial charge in [-0.25, -0.2) is 13.4 Å². The van der Waals surface area contributed by atoms with E-state index < -0.39 is 9.84 Å². The molecule has 0 spiro atoms. The van der Waals surface area contributed by atoms with E-state index in [1.165, 1.54) is 5.01 Å². The minimum Gasteiger partial charge on any atom is -0.269 e. The second-order valence-electron chi connectivity index (χ2n) is 2.19. The van der Waals surface area contributed by atoms with E-state index in [-0.39, 0.29) is 23.9 Å². The first-order valence-corrected chi connectivity index (χ1v) is 4.62. The highest BCUT2D eigenvalue weighted by atomic mass is 35.5. The number of rotatable bonds is 0. The van der Waals surface area contributed by atoms with E-state index in [9.17, 15) is 8.42 Å². The second-order valence-corrected chi connectivity index (χ2v) is 4.49. The summed E-state index contributed by atoms with van der Waals surface area (Å²) in [5, 5.41) is 1.53. The van der Waals surface area contributed by atoms with Gasteiger partial charge in [0, 0.05) is 13.1 Å². The van der Waals surface area contributed by atoms with Crippen molar-refractivity contribution in [2.75, 3.05) is 24.6 Å². The number of halogens is 1. The minimum atomic E-state index is -2.74. The van der Waals surface area contributed by atoms with E-state index in [0.717, 1.165) is 0 Å². The second kappa shape index (κ2) is 3.52. The van der Waals surface area contributed by atoms with E-state index in [4.69, 9.17) is 5.84 Å². The Bertz CT molecular complexity index is 177. The quantitative estimate of drug-likeness (QED) is 0.494. The number of sulfone groups is 1. The fourth-order valence-corrected chi connectivity index (χ4v) is 1.96. The Morgan fingerprint density at radius 2 is 1.60 bits per heavy atom. The molecule has 0 aliphatic carbocycles. The molecule has 1 rings (SSSR count). The fourth-order valence-electron chi connectivity index (χ4n) is 0.727. The van der Waals surface area contributed by atoms with Gasteiger partial charge in [-0.15, -0.1) is 12.4 Å². The molecule has 0 amide bonds. The van der Waals surface area contributed by atoms with Crippen LogP contribution in [0.3, 0.4) is 0 Å². The highest BCUT2D eigenvalue weighted by Gasteiger charge is 2.18. The minimum absolute atomic E-state index is 0. The molecule has 1 fully saturated rings. The predicted octanol–water partition coefficient (Wildman–Crippen LogP) is -0.988. The molecule has 0 unspecified atom stereocenters. The standard InChI is InChI=1S/C4H10N2O2S.ClH/c5-6-1-3-9(7,8)4-2-6;/h1-5H2;1H. The van der Waals surface area contributed by atoms with Gasteiger partial charge in [0.1, 0.15) is 0 Å². The van der Waals surface area contributed by atoms with Crippen molar-refractivity contribution >= 4 is 22.2 Å². The van der Waals surface area contributed by atoms with Crippen molar-refractivity contribution in [2.45, 2.75) is 0 Å². The zero-order valence-corrected chi connectivity index (χ0v) is 7.12. The van der Waals surface area contributed by atoms with Crippen LogP contribution in [0.2, 0.25) is 0 Å². The van der Waals surface area contributed by atoms with Gasteiger partial charge in [-0.3, -0.25) is 5.84 Å². The molecular formula is C4H11ClN2O2S. The Morgan fingerprint density at radius 1 is 1.20 bits per heavy atom. The molecule has 0 aromatic rings. The van der Waals surface area contributed by atoms with Crippen LogP contribution in [-0.2, 0) is 9.84 Å². The van der Waals surface area contributed by atoms with Gasteiger partial charge in [0.05, 0.1) is 11.5 Å². The van der Waals surface area contributed by atoms with Gasteiger partial charge in [-0.1, -0.05) is 0 Å². The monoisotopic (exact) mass is 186 g/mol. The third-order valence-electron chi connectivity index (χ3n) is 1.38. The highest BCUT2D eigenvalue weighted by molar-refractivity contribution is 7.91. The lowest BCUT2D eigenvalue weighted by Gasteiger charge is -2.20. The van der Waals surface area contributed by atoms with Gasteiger partial charge in [0.15, 0.2) is 9.84 Å². The molecule has 0 aromatic carbocycles. The Kier molecular flexibility index (Phi) is 3.58. The zero-order chi connectivity index (χ0) is 6.91. The highest BCUT2D eigenvalue weighted by Crippen LogP contribution is 1.97. The molecule has 0 saturated carbocycles. The van der Waals surface area contributed by atoms with Crippen molar-refractivity contribution < 1.29 is 8.42 Å². The maximum Gasteiger partial charge on any atom is 0.152 e. The molecule has 1 saturated heterocycles. The molecule has 4 nitrogen and oxygen atoms in total. The van der Waals surface area contributed by atoms with Crippen LogP contribution in [-0.4, -0.2) is 38.0 Å². The lowest BCUT2D eigenvalue weighted by atomic mass is 10.6. The van der Waals surface area contributed by atoms with Crippen LogP contribution in [0.15, 0.2) is 0 Å². The summed E-state index contributed by atoms with van der Waals surface area (Å²) in [7, 11) is -2.74. The maximum absolute atomic E-state index is 10.7. The van der Waals surface area contributed by atoms with Crippen LogP contribution in [0.5, 0.6) is 0 Å². The molecule has 2 N–H and O–H groups in total. The largest absolute Gasteiger partial charge is 0.269 e. The third-order valence-corrected chi connectivity index (χ3v) is 2.99. The summed E-state index contributed by atoms with van der Waals surface area (Å²) in [6.45, 7) is 0.949. The zero-order valence-electron chi connectivity index (χ0n) is 5.49. The average molecular weight is 187 g/mol.